The van der Waals surface area contributed by atoms with Crippen LogP contribution in [0.5, 0.6) is 0 Å². The van der Waals surface area contributed by atoms with Crippen LogP contribution in [0.3, 0.4) is 0 Å². The van der Waals surface area contributed by atoms with Crippen LogP contribution >= 0.6 is 22.9 Å². The number of halogens is 1. The van der Waals surface area contributed by atoms with Crippen molar-refractivity contribution in [2.75, 3.05) is 18.8 Å². The molecular formula is C23H22ClN5OS. The first-order valence-corrected chi connectivity index (χ1v) is 11.4. The van der Waals surface area contributed by atoms with E-state index in [9.17, 15) is 4.79 Å². The zero-order valence-corrected chi connectivity index (χ0v) is 18.7. The second kappa shape index (κ2) is 8.07. The average molecular weight is 452 g/mol. The number of hydrogen-bond donors (Lipinski definition) is 1. The normalized spacial score (nSPS) is 17.7. The standard InChI is InChI=1S/C23H22ClN5OS/c1-14-23(30)29(11-15-2-4-19-20(8-15)26-13-27-22(19)25)7-6-28(14)12-18-10-16-9-17(24)3-5-21(16)31-18/h2-5,8-10,13-14H,6-7,11-12H2,1H3,(H2,25,26,27)/t14-/m1/s1. The summed E-state index contributed by atoms with van der Waals surface area (Å²) in [6.45, 7) is 4.86. The van der Waals surface area contributed by atoms with Crippen LogP contribution in [0.4, 0.5) is 5.82 Å². The first-order chi connectivity index (χ1) is 15.0. The lowest BCUT2D eigenvalue weighted by atomic mass is 10.1. The van der Waals surface area contributed by atoms with Gasteiger partial charge in [0, 0.05) is 46.2 Å². The summed E-state index contributed by atoms with van der Waals surface area (Å²) in [7, 11) is 0. The predicted molar refractivity (Wildman–Crippen MR) is 126 cm³/mol. The van der Waals surface area contributed by atoms with Gasteiger partial charge in [0.15, 0.2) is 0 Å². The number of thiophene rings is 1. The molecular weight excluding hydrogens is 430 g/mol. The van der Waals surface area contributed by atoms with E-state index in [2.05, 4.69) is 27.0 Å². The highest BCUT2D eigenvalue weighted by atomic mass is 35.5. The Morgan fingerprint density at radius 2 is 2.00 bits per heavy atom. The highest BCUT2D eigenvalue weighted by Crippen LogP contribution is 2.30. The van der Waals surface area contributed by atoms with Crippen LogP contribution in [0.2, 0.25) is 5.02 Å². The molecule has 0 bridgehead atoms. The number of anilines is 1. The number of fused-ring (bicyclic) bond motifs is 2. The van der Waals surface area contributed by atoms with Crippen molar-refractivity contribution in [3.8, 4) is 0 Å². The molecule has 2 N–H and O–H groups in total. The minimum absolute atomic E-state index is 0.151. The lowest BCUT2D eigenvalue weighted by Gasteiger charge is -2.39. The predicted octanol–water partition coefficient (Wildman–Crippen LogP) is 4.31. The van der Waals surface area contributed by atoms with Crippen molar-refractivity contribution >= 4 is 55.7 Å². The lowest BCUT2D eigenvalue weighted by Crippen LogP contribution is -2.54. The summed E-state index contributed by atoms with van der Waals surface area (Å²) in [5, 5.41) is 2.74. The van der Waals surface area contributed by atoms with E-state index in [1.807, 2.05) is 42.2 Å². The number of amides is 1. The Hall–Kier alpha value is -2.74. The quantitative estimate of drug-likeness (QED) is 0.500. The summed E-state index contributed by atoms with van der Waals surface area (Å²) in [5.41, 5.74) is 7.76. The second-order valence-corrected chi connectivity index (χ2v) is 9.52. The molecule has 1 amide bonds. The summed E-state index contributed by atoms with van der Waals surface area (Å²) >= 11 is 7.88. The van der Waals surface area contributed by atoms with Gasteiger partial charge >= 0.3 is 0 Å². The van der Waals surface area contributed by atoms with Crippen LogP contribution in [0.15, 0.2) is 48.8 Å². The van der Waals surface area contributed by atoms with Crippen molar-refractivity contribution in [2.45, 2.75) is 26.1 Å². The maximum Gasteiger partial charge on any atom is 0.239 e. The van der Waals surface area contributed by atoms with Crippen LogP contribution in [0.25, 0.3) is 21.0 Å². The fraction of sp³-hybridized carbons (Fsp3) is 0.261. The van der Waals surface area contributed by atoms with Gasteiger partial charge in [-0.2, -0.15) is 0 Å². The summed E-state index contributed by atoms with van der Waals surface area (Å²) in [5.74, 6) is 0.621. The van der Waals surface area contributed by atoms with Gasteiger partial charge in [-0.1, -0.05) is 17.7 Å². The van der Waals surface area contributed by atoms with Gasteiger partial charge in [-0.3, -0.25) is 9.69 Å². The fourth-order valence-corrected chi connectivity index (χ4v) is 5.39. The summed E-state index contributed by atoms with van der Waals surface area (Å²) in [6, 6.07) is 13.9. The van der Waals surface area contributed by atoms with E-state index in [4.69, 9.17) is 17.3 Å². The molecule has 2 aromatic carbocycles. The molecule has 4 aromatic rings. The van der Waals surface area contributed by atoms with E-state index in [0.717, 1.165) is 40.0 Å². The minimum Gasteiger partial charge on any atom is -0.383 e. The minimum atomic E-state index is -0.166. The zero-order chi connectivity index (χ0) is 21.5. The monoisotopic (exact) mass is 451 g/mol. The molecule has 3 heterocycles. The van der Waals surface area contributed by atoms with Gasteiger partial charge in [0.1, 0.15) is 12.1 Å². The average Bonchev–Trinajstić information content (AvgIpc) is 3.15. The number of carbonyl (C=O) groups excluding carboxylic acids is 1. The van der Waals surface area contributed by atoms with Gasteiger partial charge in [0.25, 0.3) is 0 Å². The van der Waals surface area contributed by atoms with Gasteiger partial charge < -0.3 is 10.6 Å². The Labute approximate surface area is 189 Å². The number of aromatic nitrogens is 2. The maximum atomic E-state index is 13.1. The Kier molecular flexibility index (Phi) is 5.25. The molecule has 1 aliphatic heterocycles. The number of nitrogen functional groups attached to an aromatic ring is 1. The van der Waals surface area contributed by atoms with Gasteiger partial charge in [0.05, 0.1) is 11.6 Å². The van der Waals surface area contributed by atoms with Crippen LogP contribution in [-0.4, -0.2) is 44.8 Å². The van der Waals surface area contributed by atoms with E-state index in [-0.39, 0.29) is 11.9 Å². The maximum absolute atomic E-state index is 13.1. The topological polar surface area (TPSA) is 75.3 Å². The number of nitrogens with zero attached hydrogens (tertiary/aromatic N) is 4. The Bertz CT molecular complexity index is 1290. The van der Waals surface area contributed by atoms with Crippen molar-refractivity contribution in [3.05, 3.63) is 64.3 Å². The SMILES string of the molecule is C[C@@H]1C(=O)N(Cc2ccc3c(N)ncnc3c2)CCN1Cc1cc2cc(Cl)ccc2s1. The first-order valence-electron chi connectivity index (χ1n) is 10.2. The van der Waals surface area contributed by atoms with Gasteiger partial charge in [0.2, 0.25) is 5.91 Å². The van der Waals surface area contributed by atoms with Gasteiger partial charge in [-0.25, -0.2) is 9.97 Å². The number of piperazine rings is 1. The molecule has 0 aliphatic carbocycles. The molecule has 6 nitrogen and oxygen atoms in total. The summed E-state index contributed by atoms with van der Waals surface area (Å²) < 4.78 is 1.22. The number of hydrogen-bond acceptors (Lipinski definition) is 6. The molecule has 158 valence electrons. The molecule has 5 rings (SSSR count). The Morgan fingerprint density at radius 1 is 1.13 bits per heavy atom. The van der Waals surface area contributed by atoms with E-state index in [1.165, 1.54) is 15.9 Å². The summed E-state index contributed by atoms with van der Waals surface area (Å²) in [4.78, 5) is 26.8. The largest absolute Gasteiger partial charge is 0.383 e. The van der Waals surface area contributed by atoms with Crippen molar-refractivity contribution in [1.29, 1.82) is 0 Å². The second-order valence-electron chi connectivity index (χ2n) is 7.91. The third-order valence-electron chi connectivity index (χ3n) is 5.87. The van der Waals surface area contributed by atoms with Crippen molar-refractivity contribution < 1.29 is 4.79 Å². The molecule has 1 aliphatic rings. The smallest absolute Gasteiger partial charge is 0.239 e. The van der Waals surface area contributed by atoms with Crippen LogP contribution in [0.1, 0.15) is 17.4 Å². The zero-order valence-electron chi connectivity index (χ0n) is 17.1. The highest BCUT2D eigenvalue weighted by Gasteiger charge is 2.31. The molecule has 1 atom stereocenters. The van der Waals surface area contributed by atoms with Crippen molar-refractivity contribution in [1.82, 2.24) is 19.8 Å². The molecule has 1 fully saturated rings. The highest BCUT2D eigenvalue weighted by molar-refractivity contribution is 7.19. The van der Waals surface area contributed by atoms with Crippen LogP contribution in [0, 0.1) is 0 Å². The molecule has 0 unspecified atom stereocenters. The van der Waals surface area contributed by atoms with Crippen LogP contribution < -0.4 is 5.73 Å². The molecule has 2 aromatic heterocycles. The number of carbonyl (C=O) groups is 1. The third kappa shape index (κ3) is 3.96. The number of rotatable bonds is 4. The summed E-state index contributed by atoms with van der Waals surface area (Å²) in [6.07, 6.45) is 1.47. The molecule has 0 radical (unpaired) electrons. The van der Waals surface area contributed by atoms with Crippen molar-refractivity contribution in [3.63, 3.8) is 0 Å². The third-order valence-corrected chi connectivity index (χ3v) is 7.20. The van der Waals surface area contributed by atoms with E-state index < -0.39 is 0 Å². The van der Waals surface area contributed by atoms with Crippen LogP contribution in [-0.2, 0) is 17.9 Å². The Balaban J connectivity index is 1.28. The molecule has 31 heavy (non-hydrogen) atoms. The molecule has 1 saturated heterocycles. The van der Waals surface area contributed by atoms with Gasteiger partial charge in [-0.05, 0) is 54.3 Å². The fourth-order valence-electron chi connectivity index (χ4n) is 4.14. The van der Waals surface area contributed by atoms with E-state index in [1.54, 1.807) is 11.3 Å². The van der Waals surface area contributed by atoms with Crippen molar-refractivity contribution in [2.24, 2.45) is 0 Å². The van der Waals surface area contributed by atoms with E-state index >= 15 is 0 Å². The first kappa shape index (κ1) is 20.2. The molecule has 0 saturated carbocycles. The number of nitrogens with two attached hydrogens (primary N) is 1. The lowest BCUT2D eigenvalue weighted by molar-refractivity contribution is -0.142. The Morgan fingerprint density at radius 3 is 2.87 bits per heavy atom. The molecule has 8 heteroatoms. The van der Waals surface area contributed by atoms with Gasteiger partial charge in [-0.15, -0.1) is 11.3 Å². The number of benzene rings is 2. The van der Waals surface area contributed by atoms with E-state index in [0.29, 0.717) is 18.9 Å². The molecule has 0 spiro atoms.